The average Bonchev–Trinajstić information content (AvgIpc) is 3.28. The highest BCUT2D eigenvalue weighted by atomic mass is 31.2. The van der Waals surface area contributed by atoms with Gasteiger partial charge in [0.1, 0.15) is 0 Å². The molecule has 0 N–H and O–H groups in total. The van der Waals surface area contributed by atoms with Crippen LogP contribution in [-0.2, 0) is 9.13 Å². The largest absolute Gasteiger partial charge is 0.308 e. The molecule has 1 unspecified atom stereocenters. The van der Waals surface area contributed by atoms with Crippen LogP contribution >= 0.6 is 14.3 Å². The second kappa shape index (κ2) is 9.59. The summed E-state index contributed by atoms with van der Waals surface area (Å²) in [5.41, 5.74) is 2.84. The van der Waals surface area contributed by atoms with Crippen LogP contribution in [0.2, 0.25) is 0 Å². The van der Waals surface area contributed by atoms with Crippen molar-refractivity contribution in [2.24, 2.45) is 0 Å². The zero-order chi connectivity index (χ0) is 26.2. The van der Waals surface area contributed by atoms with Gasteiger partial charge < -0.3 is 9.13 Å². The number of benzene rings is 5. The molecule has 0 aliphatic carbocycles. The first-order chi connectivity index (χ1) is 18.6. The second-order valence-corrected chi connectivity index (χ2v) is 14.8. The lowest BCUT2D eigenvalue weighted by Gasteiger charge is -2.28. The lowest BCUT2D eigenvalue weighted by Crippen LogP contribution is -2.22. The van der Waals surface area contributed by atoms with E-state index in [9.17, 15) is 5.26 Å². The summed E-state index contributed by atoms with van der Waals surface area (Å²) in [6.07, 6.45) is 0. The molecule has 1 atom stereocenters. The minimum atomic E-state index is -3.63. The van der Waals surface area contributed by atoms with E-state index in [-0.39, 0.29) is 0 Å². The number of rotatable bonds is 5. The van der Waals surface area contributed by atoms with Crippen LogP contribution in [0.5, 0.6) is 0 Å². The van der Waals surface area contributed by atoms with Crippen molar-refractivity contribution in [1.82, 2.24) is 0 Å². The summed E-state index contributed by atoms with van der Waals surface area (Å²) in [6.45, 7) is 0. The van der Waals surface area contributed by atoms with Crippen LogP contribution in [0.3, 0.4) is 0 Å². The Bertz CT molecular complexity index is 1760. The maximum atomic E-state index is 15.9. The van der Waals surface area contributed by atoms with Crippen LogP contribution in [0.25, 0.3) is 5.57 Å². The van der Waals surface area contributed by atoms with E-state index >= 15 is 9.13 Å². The monoisotopic (exact) mass is 527 g/mol. The normalized spacial score (nSPS) is 16.6. The van der Waals surface area contributed by atoms with Gasteiger partial charge in [-0.05, 0) is 23.3 Å². The Kier molecular flexibility index (Phi) is 6.09. The molecule has 0 aromatic heterocycles. The number of hydrogen-bond acceptors (Lipinski definition) is 3. The molecule has 5 aromatic rings. The van der Waals surface area contributed by atoms with Crippen molar-refractivity contribution in [2.75, 3.05) is 0 Å². The second-order valence-electron chi connectivity index (χ2n) is 9.13. The van der Waals surface area contributed by atoms with Crippen molar-refractivity contribution in [2.45, 2.75) is 0 Å². The highest BCUT2D eigenvalue weighted by Gasteiger charge is 2.51. The van der Waals surface area contributed by atoms with Gasteiger partial charge in [-0.2, -0.15) is 5.26 Å². The minimum absolute atomic E-state index is 0.458. The van der Waals surface area contributed by atoms with E-state index in [0.717, 1.165) is 11.1 Å². The van der Waals surface area contributed by atoms with E-state index in [0.29, 0.717) is 37.4 Å². The molecule has 1 aliphatic heterocycles. The highest BCUT2D eigenvalue weighted by Crippen LogP contribution is 2.75. The van der Waals surface area contributed by atoms with Gasteiger partial charge in [-0.1, -0.05) is 127 Å². The van der Waals surface area contributed by atoms with E-state index < -0.39 is 14.3 Å². The van der Waals surface area contributed by atoms with Crippen molar-refractivity contribution >= 4 is 41.1 Å². The molecule has 5 aromatic carbocycles. The van der Waals surface area contributed by atoms with Crippen LogP contribution in [-0.4, -0.2) is 0 Å². The number of hydrogen-bond donors (Lipinski definition) is 0. The topological polar surface area (TPSA) is 57.9 Å². The molecule has 0 fully saturated rings. The molecule has 5 heteroatoms. The Hall–Kier alpha value is -4.21. The Morgan fingerprint density at radius 3 is 1.66 bits per heavy atom. The molecule has 0 bridgehead atoms. The van der Waals surface area contributed by atoms with Crippen molar-refractivity contribution in [3.05, 3.63) is 161 Å². The summed E-state index contributed by atoms with van der Waals surface area (Å²) in [6, 6.07) is 45.3. The van der Waals surface area contributed by atoms with E-state index in [1.54, 1.807) is 12.1 Å². The maximum absolute atomic E-state index is 15.9. The summed E-state index contributed by atoms with van der Waals surface area (Å²) in [4.78, 5) is 0. The fraction of sp³-hybridized carbons (Fsp3) is 0. The van der Waals surface area contributed by atoms with Crippen LogP contribution in [0.15, 0.2) is 145 Å². The van der Waals surface area contributed by atoms with Gasteiger partial charge in [-0.3, -0.25) is 0 Å². The molecular formula is C33H23NO2P2. The predicted octanol–water partition coefficient (Wildman–Crippen LogP) is 6.62. The van der Waals surface area contributed by atoms with Gasteiger partial charge >= 0.3 is 0 Å². The van der Waals surface area contributed by atoms with E-state index in [1.807, 2.05) is 127 Å². The van der Waals surface area contributed by atoms with Gasteiger partial charge in [-0.25, -0.2) is 0 Å². The molecule has 6 rings (SSSR count). The highest BCUT2D eigenvalue weighted by molar-refractivity contribution is 8.01. The lowest BCUT2D eigenvalue weighted by atomic mass is 9.99. The van der Waals surface area contributed by atoms with Crippen molar-refractivity contribution in [1.29, 1.82) is 5.26 Å². The zero-order valence-corrected chi connectivity index (χ0v) is 22.2. The number of nitrogens with zero attached hydrogens (tertiary/aromatic N) is 1. The summed E-state index contributed by atoms with van der Waals surface area (Å²) < 4.78 is 31.7. The summed E-state index contributed by atoms with van der Waals surface area (Å²) >= 11 is 0. The molecule has 38 heavy (non-hydrogen) atoms. The molecule has 182 valence electrons. The van der Waals surface area contributed by atoms with Crippen LogP contribution in [0, 0.1) is 11.3 Å². The summed E-state index contributed by atoms with van der Waals surface area (Å²) in [7, 11) is -7.19. The van der Waals surface area contributed by atoms with E-state index in [4.69, 9.17) is 0 Å². The standard InChI is InChI=1S/C33H23NO2P2/c34-24-25-20-22-26(23-21-25)32-30-18-10-11-19-31(30)38(36,29-16-8-3-9-17-29)33(32)37(35,27-12-4-1-5-13-27)28-14-6-2-7-15-28/h1-23H. The lowest BCUT2D eigenvalue weighted by molar-refractivity contribution is 0.586. The SMILES string of the molecule is N#Cc1ccc(C2=C(P(=O)(c3ccccc3)c3ccccc3)P(=O)(c3ccccc3)c3ccccc32)cc1. The van der Waals surface area contributed by atoms with Gasteiger partial charge in [-0.15, -0.1) is 0 Å². The Balaban J connectivity index is 1.82. The fourth-order valence-electron chi connectivity index (χ4n) is 5.27. The first-order valence-corrected chi connectivity index (χ1v) is 15.7. The average molecular weight is 528 g/mol. The third-order valence-electron chi connectivity index (χ3n) is 6.99. The van der Waals surface area contributed by atoms with E-state index in [2.05, 4.69) is 6.07 Å². The Morgan fingerprint density at radius 1 is 0.605 bits per heavy atom. The Morgan fingerprint density at radius 2 is 1.11 bits per heavy atom. The van der Waals surface area contributed by atoms with Crippen LogP contribution in [0.1, 0.15) is 16.7 Å². The smallest absolute Gasteiger partial charge is 0.176 e. The number of fused-ring (bicyclic) bond motifs is 1. The molecule has 0 saturated carbocycles. The quantitative estimate of drug-likeness (QED) is 0.242. The fourth-order valence-corrected chi connectivity index (χ4v) is 13.5. The maximum Gasteiger partial charge on any atom is 0.176 e. The molecular weight excluding hydrogens is 504 g/mol. The summed E-state index contributed by atoms with van der Waals surface area (Å²) in [5.74, 6) is 0. The van der Waals surface area contributed by atoms with Gasteiger partial charge in [0.2, 0.25) is 0 Å². The first kappa shape index (κ1) is 24.1. The number of nitriles is 1. The molecule has 1 aliphatic rings. The van der Waals surface area contributed by atoms with E-state index in [1.165, 1.54) is 0 Å². The van der Waals surface area contributed by atoms with Crippen molar-refractivity contribution < 1.29 is 9.13 Å². The zero-order valence-electron chi connectivity index (χ0n) is 20.4. The third-order valence-corrected chi connectivity index (χ3v) is 14.5. The Labute approximate surface area is 222 Å². The van der Waals surface area contributed by atoms with Gasteiger partial charge in [0.05, 0.1) is 16.7 Å². The molecule has 0 amide bonds. The minimum Gasteiger partial charge on any atom is -0.308 e. The molecule has 3 nitrogen and oxygen atoms in total. The summed E-state index contributed by atoms with van der Waals surface area (Å²) in [5, 5.41) is 12.5. The molecule has 0 radical (unpaired) electrons. The predicted molar refractivity (Wildman–Crippen MR) is 157 cm³/mol. The van der Waals surface area contributed by atoms with Crippen LogP contribution in [0.4, 0.5) is 0 Å². The molecule has 0 saturated heterocycles. The molecule has 1 heterocycles. The van der Waals surface area contributed by atoms with Gasteiger partial charge in [0, 0.05) is 26.8 Å². The van der Waals surface area contributed by atoms with Gasteiger partial charge in [0.25, 0.3) is 0 Å². The van der Waals surface area contributed by atoms with Crippen LogP contribution < -0.4 is 21.2 Å². The van der Waals surface area contributed by atoms with Crippen molar-refractivity contribution in [3.63, 3.8) is 0 Å². The molecule has 0 spiro atoms. The first-order valence-electron chi connectivity index (χ1n) is 12.3. The van der Waals surface area contributed by atoms with Gasteiger partial charge in [0.15, 0.2) is 14.3 Å². The third kappa shape index (κ3) is 3.66. The van der Waals surface area contributed by atoms with Crippen molar-refractivity contribution in [3.8, 4) is 6.07 Å².